The molecule has 0 saturated heterocycles. The van der Waals surface area contributed by atoms with E-state index in [0.29, 0.717) is 11.8 Å². The smallest absolute Gasteiger partial charge is 0.0859 e. The molecule has 0 aliphatic heterocycles. The maximum absolute atomic E-state index is 11.2. The zero-order valence-corrected chi connectivity index (χ0v) is 15.8. The van der Waals surface area contributed by atoms with Crippen LogP contribution in [0, 0.1) is 17.3 Å². The van der Waals surface area contributed by atoms with Crippen LogP contribution >= 0.6 is 0 Å². The standard InChI is InChI=1S/C24H32O2/c25-22-10-9-20-18-12-15-24(26)13-5-4-8-21(24)19(18)11-14-23(20,22)16-17-6-2-1-3-7-17/h1-3,6-7,18,20,22,25-26H,4-5,8-16H2/t18-,20+,22+,23-,24+/m1/s1. The van der Waals surface area contributed by atoms with E-state index in [1.807, 2.05) is 0 Å². The maximum atomic E-state index is 11.2. The Labute approximate surface area is 157 Å². The zero-order valence-electron chi connectivity index (χ0n) is 15.8. The predicted octanol–water partition coefficient (Wildman–Crippen LogP) is 4.79. The van der Waals surface area contributed by atoms with Crippen molar-refractivity contribution in [1.82, 2.24) is 0 Å². The van der Waals surface area contributed by atoms with Crippen molar-refractivity contribution < 1.29 is 10.2 Å². The van der Waals surface area contributed by atoms with E-state index in [1.165, 1.54) is 24.0 Å². The lowest BCUT2D eigenvalue weighted by Crippen LogP contribution is -2.49. The highest BCUT2D eigenvalue weighted by molar-refractivity contribution is 5.35. The summed E-state index contributed by atoms with van der Waals surface area (Å²) in [6.45, 7) is 0. The summed E-state index contributed by atoms with van der Waals surface area (Å²) >= 11 is 0. The van der Waals surface area contributed by atoms with Gasteiger partial charge in [0, 0.05) is 5.41 Å². The second-order valence-electron chi connectivity index (χ2n) is 9.48. The van der Waals surface area contributed by atoms with Crippen molar-refractivity contribution in [1.29, 1.82) is 0 Å². The topological polar surface area (TPSA) is 40.5 Å². The molecule has 0 amide bonds. The first-order valence-corrected chi connectivity index (χ1v) is 10.8. The van der Waals surface area contributed by atoms with Gasteiger partial charge in [0.1, 0.15) is 0 Å². The van der Waals surface area contributed by atoms with Gasteiger partial charge in [-0.15, -0.1) is 0 Å². The highest BCUT2D eigenvalue weighted by Crippen LogP contribution is 2.62. The number of aliphatic hydroxyl groups excluding tert-OH is 1. The summed E-state index contributed by atoms with van der Waals surface area (Å²) in [7, 11) is 0. The third-order valence-corrected chi connectivity index (χ3v) is 8.41. The Kier molecular flexibility index (Phi) is 4.06. The van der Waals surface area contributed by atoms with Gasteiger partial charge in [-0.25, -0.2) is 0 Å². The first-order valence-electron chi connectivity index (χ1n) is 10.8. The molecule has 5 atom stereocenters. The van der Waals surface area contributed by atoms with Gasteiger partial charge in [-0.1, -0.05) is 35.9 Å². The van der Waals surface area contributed by atoms with E-state index in [2.05, 4.69) is 30.3 Å². The lowest BCUT2D eigenvalue weighted by molar-refractivity contribution is -0.0309. The van der Waals surface area contributed by atoms with Crippen LogP contribution in [0.15, 0.2) is 41.5 Å². The lowest BCUT2D eigenvalue weighted by atomic mass is 9.53. The normalized spacial score (nSPS) is 42.2. The average Bonchev–Trinajstić information content (AvgIpc) is 2.98. The molecule has 4 aliphatic rings. The Morgan fingerprint density at radius 3 is 2.62 bits per heavy atom. The van der Waals surface area contributed by atoms with Gasteiger partial charge in [0.15, 0.2) is 0 Å². The molecule has 3 fully saturated rings. The number of aliphatic hydroxyl groups is 2. The fraction of sp³-hybridized carbons (Fsp3) is 0.667. The third-order valence-electron chi connectivity index (χ3n) is 8.41. The SMILES string of the molecule is O[C@H]1CC[C@H]2[C@@H]3CC[C@@]4(O)CCCCC4=C3CC[C@]12Cc1ccccc1. The Morgan fingerprint density at radius 1 is 0.923 bits per heavy atom. The summed E-state index contributed by atoms with van der Waals surface area (Å²) in [5, 5.41) is 22.3. The molecule has 26 heavy (non-hydrogen) atoms. The van der Waals surface area contributed by atoms with Crippen molar-refractivity contribution in [2.24, 2.45) is 17.3 Å². The van der Waals surface area contributed by atoms with Crippen LogP contribution in [0.4, 0.5) is 0 Å². The second-order valence-corrected chi connectivity index (χ2v) is 9.48. The van der Waals surface area contributed by atoms with Gasteiger partial charge >= 0.3 is 0 Å². The third kappa shape index (κ3) is 2.45. The Morgan fingerprint density at radius 2 is 1.77 bits per heavy atom. The van der Waals surface area contributed by atoms with Crippen molar-refractivity contribution in [3.05, 3.63) is 47.0 Å². The molecule has 0 spiro atoms. The molecule has 140 valence electrons. The van der Waals surface area contributed by atoms with Crippen LogP contribution in [0.25, 0.3) is 0 Å². The molecule has 0 unspecified atom stereocenters. The quantitative estimate of drug-likeness (QED) is 0.751. The molecule has 2 heteroatoms. The average molecular weight is 353 g/mol. The minimum absolute atomic E-state index is 0.0558. The maximum Gasteiger partial charge on any atom is 0.0859 e. The van der Waals surface area contributed by atoms with E-state index < -0.39 is 5.60 Å². The molecule has 0 bridgehead atoms. The van der Waals surface area contributed by atoms with E-state index >= 15 is 0 Å². The summed E-state index contributed by atoms with van der Waals surface area (Å²) in [6.07, 6.45) is 11.8. The van der Waals surface area contributed by atoms with Crippen LogP contribution in [-0.4, -0.2) is 21.9 Å². The van der Waals surface area contributed by atoms with Crippen LogP contribution in [0.1, 0.15) is 69.8 Å². The number of hydrogen-bond donors (Lipinski definition) is 2. The Hall–Kier alpha value is -1.12. The largest absolute Gasteiger partial charge is 0.393 e. The van der Waals surface area contributed by atoms with Crippen molar-refractivity contribution in [3.63, 3.8) is 0 Å². The van der Waals surface area contributed by atoms with Gasteiger partial charge in [-0.3, -0.25) is 0 Å². The first kappa shape index (κ1) is 17.0. The minimum atomic E-state index is -0.485. The van der Waals surface area contributed by atoms with Crippen molar-refractivity contribution >= 4 is 0 Å². The molecule has 2 nitrogen and oxygen atoms in total. The lowest BCUT2D eigenvalue weighted by Gasteiger charge is -2.53. The number of benzene rings is 1. The number of fused-ring (bicyclic) bond motifs is 4. The Bertz CT molecular complexity index is 708. The number of hydrogen-bond acceptors (Lipinski definition) is 2. The first-order chi connectivity index (χ1) is 12.6. The molecule has 0 heterocycles. The van der Waals surface area contributed by atoms with Gasteiger partial charge in [0.2, 0.25) is 0 Å². The molecule has 4 aliphatic carbocycles. The fourth-order valence-corrected chi connectivity index (χ4v) is 7.20. The van der Waals surface area contributed by atoms with Crippen molar-refractivity contribution in [3.8, 4) is 0 Å². The summed E-state index contributed by atoms with van der Waals surface area (Å²) < 4.78 is 0. The minimum Gasteiger partial charge on any atom is -0.393 e. The predicted molar refractivity (Wildman–Crippen MR) is 104 cm³/mol. The van der Waals surface area contributed by atoms with Crippen molar-refractivity contribution in [2.45, 2.75) is 82.3 Å². The fourth-order valence-electron chi connectivity index (χ4n) is 7.20. The Balaban J connectivity index is 1.51. The zero-order chi connectivity index (χ0) is 17.8. The summed E-state index contributed by atoms with van der Waals surface area (Å²) in [5.41, 5.74) is 3.98. The van der Waals surface area contributed by atoms with Crippen LogP contribution in [0.2, 0.25) is 0 Å². The van der Waals surface area contributed by atoms with Gasteiger partial charge in [-0.2, -0.15) is 0 Å². The van der Waals surface area contributed by atoms with Crippen molar-refractivity contribution in [2.75, 3.05) is 0 Å². The summed E-state index contributed by atoms with van der Waals surface area (Å²) in [4.78, 5) is 0. The molecule has 1 aromatic rings. The van der Waals surface area contributed by atoms with Gasteiger partial charge in [-0.05, 0) is 93.6 Å². The van der Waals surface area contributed by atoms with E-state index in [0.717, 1.165) is 57.8 Å². The molecule has 5 rings (SSSR count). The van der Waals surface area contributed by atoms with E-state index in [-0.39, 0.29) is 11.5 Å². The monoisotopic (exact) mass is 352 g/mol. The van der Waals surface area contributed by atoms with E-state index in [1.54, 1.807) is 5.57 Å². The molecular formula is C24H32O2. The van der Waals surface area contributed by atoms with Crippen LogP contribution < -0.4 is 0 Å². The van der Waals surface area contributed by atoms with Gasteiger partial charge < -0.3 is 10.2 Å². The van der Waals surface area contributed by atoms with Crippen LogP contribution in [0.3, 0.4) is 0 Å². The number of rotatable bonds is 2. The van der Waals surface area contributed by atoms with E-state index in [4.69, 9.17) is 0 Å². The van der Waals surface area contributed by atoms with Crippen LogP contribution in [0.5, 0.6) is 0 Å². The van der Waals surface area contributed by atoms with E-state index in [9.17, 15) is 10.2 Å². The molecule has 1 aromatic carbocycles. The second kappa shape index (κ2) is 6.21. The molecule has 0 aromatic heterocycles. The van der Waals surface area contributed by atoms with Gasteiger partial charge in [0.05, 0.1) is 11.7 Å². The molecule has 2 N–H and O–H groups in total. The molecular weight excluding hydrogens is 320 g/mol. The summed E-state index contributed by atoms with van der Waals surface area (Å²) in [5.74, 6) is 1.21. The molecule has 3 saturated carbocycles. The summed E-state index contributed by atoms with van der Waals surface area (Å²) in [6, 6.07) is 10.8. The van der Waals surface area contributed by atoms with Gasteiger partial charge in [0.25, 0.3) is 0 Å². The number of allylic oxidation sites excluding steroid dienone is 1. The molecule has 0 radical (unpaired) electrons. The van der Waals surface area contributed by atoms with Crippen LogP contribution in [-0.2, 0) is 6.42 Å². The highest BCUT2D eigenvalue weighted by atomic mass is 16.3. The highest BCUT2D eigenvalue weighted by Gasteiger charge is 2.57.